The van der Waals surface area contributed by atoms with Crippen molar-refractivity contribution in [3.05, 3.63) is 76.7 Å². The Morgan fingerprint density at radius 3 is 2.41 bits per heavy atom. The molecule has 27 heavy (non-hydrogen) atoms. The van der Waals surface area contributed by atoms with Crippen LogP contribution in [0.25, 0.3) is 10.9 Å². The number of hydrogen-bond acceptors (Lipinski definition) is 2. The van der Waals surface area contributed by atoms with E-state index in [4.69, 9.17) is 17.3 Å². The van der Waals surface area contributed by atoms with E-state index in [1.807, 2.05) is 6.20 Å². The number of halogens is 2. The first-order chi connectivity index (χ1) is 13.0. The third kappa shape index (κ3) is 5.04. The molecule has 0 aliphatic heterocycles. The zero-order valence-corrected chi connectivity index (χ0v) is 15.8. The van der Waals surface area contributed by atoms with Crippen LogP contribution in [0.4, 0.5) is 4.39 Å². The fourth-order valence-electron chi connectivity index (χ4n) is 3.52. The van der Waals surface area contributed by atoms with Crippen molar-refractivity contribution in [1.29, 1.82) is 0 Å². The first kappa shape index (κ1) is 19.3. The van der Waals surface area contributed by atoms with Crippen molar-refractivity contribution in [1.82, 2.24) is 4.98 Å². The standard InChI is InChI=1S/C15H16FN.C7H6ClNO/c16-12-6-7-15-14(10-12)13(8-9-17-15)11-4-2-1-3-5-11;8-6-3-1-5(2-4-6)7(9)10/h6-11H,1-5H2;1-4H,(H2,9,10). The minimum atomic E-state index is -0.434. The minimum absolute atomic E-state index is 0.164. The van der Waals surface area contributed by atoms with Crippen molar-refractivity contribution >= 4 is 28.4 Å². The molecule has 5 heteroatoms. The number of aromatic nitrogens is 1. The molecule has 1 aliphatic rings. The number of hydrogen-bond donors (Lipinski definition) is 1. The van der Waals surface area contributed by atoms with Crippen LogP contribution in [-0.4, -0.2) is 10.9 Å². The van der Waals surface area contributed by atoms with E-state index in [0.29, 0.717) is 16.5 Å². The third-order valence-electron chi connectivity index (χ3n) is 4.91. The van der Waals surface area contributed by atoms with Gasteiger partial charge in [-0.05, 0) is 72.9 Å². The smallest absolute Gasteiger partial charge is 0.248 e. The average Bonchev–Trinajstić information content (AvgIpc) is 2.69. The maximum absolute atomic E-state index is 13.4. The largest absolute Gasteiger partial charge is 0.366 e. The molecule has 0 bridgehead atoms. The Morgan fingerprint density at radius 1 is 1.04 bits per heavy atom. The number of nitrogens with two attached hydrogens (primary N) is 1. The normalized spacial score (nSPS) is 14.4. The second-order valence-corrected chi connectivity index (χ2v) is 7.20. The summed E-state index contributed by atoms with van der Waals surface area (Å²) in [5, 5.41) is 1.60. The van der Waals surface area contributed by atoms with Crippen molar-refractivity contribution in [2.45, 2.75) is 38.0 Å². The lowest BCUT2D eigenvalue weighted by atomic mass is 9.83. The molecule has 1 aromatic heterocycles. The molecule has 1 aliphatic carbocycles. The lowest BCUT2D eigenvalue weighted by Gasteiger charge is -2.23. The zero-order valence-electron chi connectivity index (χ0n) is 15.0. The lowest BCUT2D eigenvalue weighted by molar-refractivity contribution is 0.100. The Labute approximate surface area is 163 Å². The Kier molecular flexibility index (Phi) is 6.40. The lowest BCUT2D eigenvalue weighted by Crippen LogP contribution is -2.10. The number of carbonyl (C=O) groups excluding carboxylic acids is 1. The van der Waals surface area contributed by atoms with Crippen LogP contribution in [0, 0.1) is 5.82 Å². The van der Waals surface area contributed by atoms with Crippen molar-refractivity contribution in [3.8, 4) is 0 Å². The molecular weight excluding hydrogens is 363 g/mol. The predicted octanol–water partition coefficient (Wildman–Crippen LogP) is 5.86. The van der Waals surface area contributed by atoms with E-state index in [2.05, 4.69) is 11.1 Å². The summed E-state index contributed by atoms with van der Waals surface area (Å²) in [4.78, 5) is 14.8. The maximum Gasteiger partial charge on any atom is 0.248 e. The summed E-state index contributed by atoms with van der Waals surface area (Å²) in [7, 11) is 0. The number of fused-ring (bicyclic) bond motifs is 1. The van der Waals surface area contributed by atoms with Gasteiger partial charge < -0.3 is 5.73 Å². The number of primary amides is 1. The van der Waals surface area contributed by atoms with Crippen LogP contribution in [0.2, 0.25) is 5.02 Å². The predicted molar refractivity (Wildman–Crippen MR) is 107 cm³/mol. The number of benzene rings is 2. The van der Waals surface area contributed by atoms with Crippen LogP contribution in [0.5, 0.6) is 0 Å². The summed E-state index contributed by atoms with van der Waals surface area (Å²) in [5.74, 6) is -0.00437. The number of carbonyl (C=O) groups is 1. The highest BCUT2D eigenvalue weighted by Gasteiger charge is 2.17. The zero-order chi connectivity index (χ0) is 19.2. The molecule has 1 saturated carbocycles. The molecule has 1 amide bonds. The summed E-state index contributed by atoms with van der Waals surface area (Å²) in [6.45, 7) is 0. The fraction of sp³-hybridized carbons (Fsp3) is 0.273. The molecule has 2 N–H and O–H groups in total. The molecule has 2 aromatic carbocycles. The summed E-state index contributed by atoms with van der Waals surface area (Å²) >= 11 is 5.56. The number of rotatable bonds is 2. The Bertz CT molecular complexity index is 921. The monoisotopic (exact) mass is 384 g/mol. The fourth-order valence-corrected chi connectivity index (χ4v) is 3.65. The molecule has 3 nitrogen and oxygen atoms in total. The average molecular weight is 385 g/mol. The first-order valence-electron chi connectivity index (χ1n) is 9.14. The van der Waals surface area contributed by atoms with E-state index in [9.17, 15) is 9.18 Å². The van der Waals surface area contributed by atoms with Gasteiger partial charge in [-0.1, -0.05) is 30.9 Å². The Balaban J connectivity index is 0.000000180. The number of amides is 1. The Hall–Kier alpha value is -2.46. The van der Waals surface area contributed by atoms with E-state index < -0.39 is 5.91 Å². The molecule has 1 fully saturated rings. The van der Waals surface area contributed by atoms with Crippen LogP contribution >= 0.6 is 11.6 Å². The third-order valence-corrected chi connectivity index (χ3v) is 5.16. The number of nitrogens with zero attached hydrogens (tertiary/aromatic N) is 1. The van der Waals surface area contributed by atoms with E-state index >= 15 is 0 Å². The van der Waals surface area contributed by atoms with Gasteiger partial charge in [-0.15, -0.1) is 0 Å². The molecule has 0 radical (unpaired) electrons. The van der Waals surface area contributed by atoms with Gasteiger partial charge in [0.25, 0.3) is 0 Å². The van der Waals surface area contributed by atoms with E-state index in [-0.39, 0.29) is 5.82 Å². The van der Waals surface area contributed by atoms with Crippen molar-refractivity contribution in [2.75, 3.05) is 0 Å². The van der Waals surface area contributed by atoms with Crippen LogP contribution in [-0.2, 0) is 0 Å². The van der Waals surface area contributed by atoms with E-state index in [1.54, 1.807) is 36.4 Å². The molecule has 140 valence electrons. The molecule has 3 aromatic rings. The molecular formula is C22H22ClFN2O. The van der Waals surface area contributed by atoms with Gasteiger partial charge in [0.15, 0.2) is 0 Å². The quantitative estimate of drug-likeness (QED) is 0.601. The van der Waals surface area contributed by atoms with Crippen molar-refractivity contribution in [2.24, 2.45) is 5.73 Å². The maximum atomic E-state index is 13.4. The first-order valence-corrected chi connectivity index (χ1v) is 9.52. The summed E-state index contributed by atoms with van der Waals surface area (Å²) in [6, 6.07) is 13.4. The van der Waals surface area contributed by atoms with E-state index in [0.717, 1.165) is 10.9 Å². The van der Waals surface area contributed by atoms with Gasteiger partial charge in [0.1, 0.15) is 5.82 Å². The van der Waals surface area contributed by atoms with Gasteiger partial charge >= 0.3 is 0 Å². The minimum Gasteiger partial charge on any atom is -0.366 e. The molecule has 1 heterocycles. The SMILES string of the molecule is Fc1ccc2nccc(C3CCCCC3)c2c1.NC(=O)c1ccc(Cl)cc1. The molecule has 0 atom stereocenters. The van der Waals surface area contributed by atoms with Gasteiger partial charge in [-0.25, -0.2) is 4.39 Å². The summed E-state index contributed by atoms with van der Waals surface area (Å²) < 4.78 is 13.4. The van der Waals surface area contributed by atoms with Crippen LogP contribution in [0.1, 0.15) is 53.9 Å². The van der Waals surface area contributed by atoms with Crippen LogP contribution in [0.3, 0.4) is 0 Å². The second-order valence-electron chi connectivity index (χ2n) is 6.77. The second kappa shape index (κ2) is 8.96. The van der Waals surface area contributed by atoms with Gasteiger partial charge in [-0.3, -0.25) is 9.78 Å². The van der Waals surface area contributed by atoms with Crippen LogP contribution < -0.4 is 5.73 Å². The van der Waals surface area contributed by atoms with Gasteiger partial charge in [0, 0.05) is 22.2 Å². The highest BCUT2D eigenvalue weighted by atomic mass is 35.5. The number of pyridine rings is 1. The highest BCUT2D eigenvalue weighted by molar-refractivity contribution is 6.30. The van der Waals surface area contributed by atoms with E-state index in [1.165, 1.54) is 43.7 Å². The summed E-state index contributed by atoms with van der Waals surface area (Å²) in [5.41, 5.74) is 7.66. The highest BCUT2D eigenvalue weighted by Crippen LogP contribution is 2.35. The van der Waals surface area contributed by atoms with Gasteiger partial charge in [0.2, 0.25) is 5.91 Å². The molecule has 0 saturated heterocycles. The molecule has 4 rings (SSSR count). The van der Waals surface area contributed by atoms with Crippen molar-refractivity contribution in [3.63, 3.8) is 0 Å². The Morgan fingerprint density at radius 2 is 1.74 bits per heavy atom. The molecule has 0 spiro atoms. The van der Waals surface area contributed by atoms with Gasteiger partial charge in [-0.2, -0.15) is 0 Å². The topological polar surface area (TPSA) is 56.0 Å². The van der Waals surface area contributed by atoms with Gasteiger partial charge in [0.05, 0.1) is 5.52 Å². The molecule has 0 unspecified atom stereocenters. The van der Waals surface area contributed by atoms with Crippen LogP contribution in [0.15, 0.2) is 54.7 Å². The van der Waals surface area contributed by atoms with Crippen molar-refractivity contribution < 1.29 is 9.18 Å². The summed E-state index contributed by atoms with van der Waals surface area (Å²) in [6.07, 6.45) is 8.25.